The zero-order valence-corrected chi connectivity index (χ0v) is 38.3. The predicted molar refractivity (Wildman–Crippen MR) is 230 cm³/mol. The third-order valence-corrected chi connectivity index (χ3v) is 10.4. The van der Waals surface area contributed by atoms with Crippen molar-refractivity contribution in [2.24, 2.45) is 11.7 Å². The van der Waals surface area contributed by atoms with Crippen LogP contribution in [0.4, 0.5) is 0 Å². The molecule has 0 aliphatic heterocycles. The van der Waals surface area contributed by atoms with Crippen molar-refractivity contribution in [2.45, 2.75) is 219 Å². The fourth-order valence-corrected chi connectivity index (χ4v) is 7.15. The van der Waals surface area contributed by atoms with Crippen LogP contribution in [0, 0.1) is 5.92 Å². The molecule has 19 nitrogen and oxygen atoms in total. The molecule has 0 rings (SSSR count). The monoisotopic (exact) mass is 904 g/mol. The van der Waals surface area contributed by atoms with Gasteiger partial charge in [0.2, 0.25) is 11.8 Å². The minimum absolute atomic E-state index is 0.0167. The van der Waals surface area contributed by atoms with Crippen LogP contribution < -0.4 is 16.4 Å². The van der Waals surface area contributed by atoms with Crippen molar-refractivity contribution in [3.05, 3.63) is 0 Å². The lowest BCUT2D eigenvalue weighted by molar-refractivity contribution is -0.205. The number of unbranched alkanes of at least 4 members (excludes halogenated alkanes) is 12. The highest BCUT2D eigenvalue weighted by Crippen LogP contribution is 2.25. The van der Waals surface area contributed by atoms with E-state index >= 15 is 0 Å². The number of aliphatic carboxylic acids is 2. The number of carbonyl (C=O) groups is 8. The van der Waals surface area contributed by atoms with Gasteiger partial charge in [-0.15, -0.1) is 0 Å². The molecule has 63 heavy (non-hydrogen) atoms. The number of carbonyl (C=O) groups excluding carboxylic acids is 6. The van der Waals surface area contributed by atoms with Crippen LogP contribution in [0.2, 0.25) is 0 Å². The van der Waals surface area contributed by atoms with Crippen LogP contribution in [0.15, 0.2) is 0 Å². The zero-order valence-electron chi connectivity index (χ0n) is 38.3. The van der Waals surface area contributed by atoms with Gasteiger partial charge in [0.15, 0.2) is 12.2 Å². The van der Waals surface area contributed by atoms with Crippen LogP contribution in [0.3, 0.4) is 0 Å². The molecule has 0 saturated heterocycles. The van der Waals surface area contributed by atoms with Crippen molar-refractivity contribution in [1.29, 1.82) is 0 Å². The van der Waals surface area contributed by atoms with Crippen molar-refractivity contribution in [2.75, 3.05) is 6.54 Å². The summed E-state index contributed by atoms with van der Waals surface area (Å²) in [4.78, 5) is 96.2. The summed E-state index contributed by atoms with van der Waals surface area (Å²) in [5, 5.41) is 46.7. The number of nitrogens with one attached hydrogen (secondary N) is 2. The third-order valence-electron chi connectivity index (χ3n) is 10.4. The highest BCUT2D eigenvalue weighted by atomic mass is 16.6. The molecule has 8 unspecified atom stereocenters. The second-order valence-electron chi connectivity index (χ2n) is 16.5. The molecular weight excluding hydrogens is 826 g/mol. The van der Waals surface area contributed by atoms with E-state index in [-0.39, 0.29) is 31.6 Å². The second-order valence-corrected chi connectivity index (χ2v) is 16.5. The number of carboxylic acid groups (broad SMARTS) is 2. The van der Waals surface area contributed by atoms with Gasteiger partial charge in [0.1, 0.15) is 36.5 Å². The molecule has 0 aliphatic carbocycles. The lowest BCUT2D eigenvalue weighted by Crippen LogP contribution is -2.56. The molecule has 0 aliphatic rings. The molecule has 8 atom stereocenters. The number of amides is 2. The van der Waals surface area contributed by atoms with Crippen LogP contribution in [0.1, 0.15) is 170 Å². The van der Waals surface area contributed by atoms with Crippen molar-refractivity contribution < 1.29 is 77.7 Å². The number of esters is 4. The molecule has 0 aromatic carbocycles. The summed E-state index contributed by atoms with van der Waals surface area (Å²) in [5.41, 5.74) is 5.44. The zero-order chi connectivity index (χ0) is 47.9. The summed E-state index contributed by atoms with van der Waals surface area (Å²) in [6.45, 7) is 7.88. The van der Waals surface area contributed by atoms with Gasteiger partial charge in [-0.25, -0.2) is 9.59 Å². The molecule has 364 valence electrons. The van der Waals surface area contributed by atoms with Crippen molar-refractivity contribution in [3.8, 4) is 0 Å². The van der Waals surface area contributed by atoms with E-state index in [2.05, 4.69) is 10.6 Å². The lowest BCUT2D eigenvalue weighted by atomic mass is 9.91. The number of hydrogen-bond acceptors (Lipinski definition) is 15. The molecule has 0 bridgehead atoms. The van der Waals surface area contributed by atoms with Crippen LogP contribution in [-0.2, 0) is 57.3 Å². The Morgan fingerprint density at radius 3 is 1.33 bits per heavy atom. The third kappa shape index (κ3) is 28.1. The number of aliphatic hydroxyl groups is 2. The standard InChI is InChI=1S/C44H77N3O16/c1-28(2)38(44(58)59)47-37(53)26-20-24-35(61-30(4)49)41(62-31(5)50)40(55)42(63-32(6)51)39(54)34(60-29(3)48)23-18-16-14-12-10-8-7-9-11-13-15-17-19-25-36(52)46-33(43(56)57)22-21-27-45/h28,33-35,38-42,54-55H,7-27,45H2,1-6H3,(H,46,52)(H,47,53)(H,56,57)(H,58,59). The molecule has 19 heteroatoms. The average Bonchev–Trinajstić information content (AvgIpc) is 3.18. The number of nitrogens with two attached hydrogens (primary N) is 1. The number of carboxylic acids is 2. The van der Waals surface area contributed by atoms with Crippen molar-refractivity contribution in [1.82, 2.24) is 10.6 Å². The van der Waals surface area contributed by atoms with Crippen molar-refractivity contribution >= 4 is 47.6 Å². The van der Waals surface area contributed by atoms with Gasteiger partial charge < -0.3 is 55.7 Å². The van der Waals surface area contributed by atoms with Gasteiger partial charge in [-0.3, -0.25) is 28.8 Å². The minimum atomic E-state index is -2.01. The van der Waals surface area contributed by atoms with Gasteiger partial charge in [0.25, 0.3) is 0 Å². The first kappa shape index (κ1) is 58.6. The number of hydrogen-bond donors (Lipinski definition) is 7. The number of rotatable bonds is 37. The lowest BCUT2D eigenvalue weighted by Gasteiger charge is -2.37. The number of ether oxygens (including phenoxy) is 4. The van der Waals surface area contributed by atoms with Crippen LogP contribution in [-0.4, -0.2) is 123 Å². The van der Waals surface area contributed by atoms with Gasteiger partial charge in [-0.05, 0) is 57.4 Å². The second kappa shape index (κ2) is 34.1. The van der Waals surface area contributed by atoms with Gasteiger partial charge in [-0.1, -0.05) is 84.5 Å². The summed E-state index contributed by atoms with van der Waals surface area (Å²) in [6.07, 6.45) is 3.04. The Bertz CT molecular complexity index is 1390. The first-order valence-electron chi connectivity index (χ1n) is 22.5. The summed E-state index contributed by atoms with van der Waals surface area (Å²) < 4.78 is 21.5. The maximum Gasteiger partial charge on any atom is 0.326 e. The summed E-state index contributed by atoms with van der Waals surface area (Å²) in [7, 11) is 0. The van der Waals surface area contributed by atoms with Gasteiger partial charge in [-0.2, -0.15) is 0 Å². The molecule has 0 aromatic heterocycles. The smallest absolute Gasteiger partial charge is 0.326 e. The Morgan fingerprint density at radius 2 is 0.889 bits per heavy atom. The van der Waals surface area contributed by atoms with E-state index in [0.29, 0.717) is 38.6 Å². The van der Waals surface area contributed by atoms with E-state index in [1.807, 2.05) is 0 Å². The van der Waals surface area contributed by atoms with Crippen LogP contribution >= 0.6 is 0 Å². The van der Waals surface area contributed by atoms with E-state index in [9.17, 15) is 58.8 Å². The molecule has 0 saturated carbocycles. The highest BCUT2D eigenvalue weighted by Gasteiger charge is 2.45. The summed E-state index contributed by atoms with van der Waals surface area (Å²) in [5.74, 6) is -6.94. The normalized spacial score (nSPS) is 15.1. The minimum Gasteiger partial charge on any atom is -0.480 e. The molecule has 0 spiro atoms. The van der Waals surface area contributed by atoms with Gasteiger partial charge >= 0.3 is 35.8 Å². The SMILES string of the molecule is CC(=O)OC(CCCCCCCCCCCCCCCC(=O)NC(CCCN)C(=O)O)C(O)C(OC(C)=O)C(O)C(OC(C)=O)C(CCCC(=O)NC(C(=O)O)C(C)C)OC(C)=O. The fraction of sp³-hybridized carbons (Fsp3) is 0.818. The molecule has 8 N–H and O–H groups in total. The van der Waals surface area contributed by atoms with Crippen LogP contribution in [0.5, 0.6) is 0 Å². The molecule has 0 heterocycles. The van der Waals surface area contributed by atoms with E-state index < -0.39 is 96.3 Å². The van der Waals surface area contributed by atoms with Crippen LogP contribution in [0.25, 0.3) is 0 Å². The van der Waals surface area contributed by atoms with Gasteiger partial charge in [0.05, 0.1) is 0 Å². The molecule has 0 aromatic rings. The fourth-order valence-electron chi connectivity index (χ4n) is 7.15. The maximum atomic E-state index is 12.6. The number of aliphatic hydroxyl groups excluding tert-OH is 2. The molecule has 2 amide bonds. The van der Waals surface area contributed by atoms with E-state index in [4.69, 9.17) is 24.7 Å². The summed E-state index contributed by atoms with van der Waals surface area (Å²) in [6, 6.07) is -2.04. The Balaban J connectivity index is 5.14. The van der Waals surface area contributed by atoms with E-state index in [1.165, 1.54) is 0 Å². The highest BCUT2D eigenvalue weighted by molar-refractivity contribution is 5.84. The first-order chi connectivity index (χ1) is 29.7. The molecule has 0 fully saturated rings. The Kier molecular flexibility index (Phi) is 31.7. The van der Waals surface area contributed by atoms with E-state index in [1.54, 1.807) is 13.8 Å². The Hall–Kier alpha value is -4.36. The first-order valence-corrected chi connectivity index (χ1v) is 22.5. The predicted octanol–water partition coefficient (Wildman–Crippen LogP) is 3.99. The average molecular weight is 904 g/mol. The molecular formula is C44H77N3O16. The summed E-state index contributed by atoms with van der Waals surface area (Å²) >= 11 is 0. The Morgan fingerprint density at radius 1 is 0.476 bits per heavy atom. The van der Waals surface area contributed by atoms with Crippen molar-refractivity contribution in [3.63, 3.8) is 0 Å². The largest absolute Gasteiger partial charge is 0.480 e. The Labute approximate surface area is 372 Å². The van der Waals surface area contributed by atoms with Gasteiger partial charge in [0, 0.05) is 40.5 Å². The topological polar surface area (TPSA) is 304 Å². The van der Waals surface area contributed by atoms with E-state index in [0.717, 1.165) is 98.3 Å². The maximum absolute atomic E-state index is 12.6. The molecule has 0 radical (unpaired) electrons. The quantitative estimate of drug-likeness (QED) is 0.0263.